The third-order valence-electron chi connectivity index (χ3n) is 6.99. The SMILES string of the molecule is CN1CCC(CC(=O)n2ncc3c(-c4cccc5[nH]ncc45)nc(N4CCOCC4)nc32)CC1. The summed E-state index contributed by atoms with van der Waals surface area (Å²) in [4.78, 5) is 27.6. The molecule has 0 atom stereocenters. The number of benzene rings is 1. The van der Waals surface area contributed by atoms with E-state index in [4.69, 9.17) is 14.7 Å². The first-order chi connectivity index (χ1) is 16.7. The number of hydrogen-bond acceptors (Lipinski definition) is 8. The van der Waals surface area contributed by atoms with Crippen LogP contribution >= 0.6 is 0 Å². The van der Waals surface area contributed by atoms with Crippen LogP contribution in [-0.2, 0) is 4.74 Å². The maximum Gasteiger partial charge on any atom is 0.249 e. The monoisotopic (exact) mass is 460 g/mol. The molecule has 0 spiro atoms. The van der Waals surface area contributed by atoms with Gasteiger partial charge in [-0.2, -0.15) is 19.9 Å². The third-order valence-corrected chi connectivity index (χ3v) is 6.99. The van der Waals surface area contributed by atoms with Gasteiger partial charge in [0.1, 0.15) is 0 Å². The fourth-order valence-corrected chi connectivity index (χ4v) is 4.96. The summed E-state index contributed by atoms with van der Waals surface area (Å²) in [5, 5.41) is 13.5. The predicted molar refractivity (Wildman–Crippen MR) is 129 cm³/mol. The largest absolute Gasteiger partial charge is 0.378 e. The molecule has 1 aromatic carbocycles. The topological polar surface area (TPSA) is 105 Å². The van der Waals surface area contributed by atoms with E-state index in [1.165, 1.54) is 4.68 Å². The number of carbonyl (C=O) groups is 1. The Balaban J connectivity index is 1.44. The molecular weight excluding hydrogens is 432 g/mol. The maximum absolute atomic E-state index is 13.4. The van der Waals surface area contributed by atoms with Crippen LogP contribution in [0.15, 0.2) is 30.6 Å². The Morgan fingerprint density at radius 3 is 2.74 bits per heavy atom. The number of hydrogen-bond donors (Lipinski definition) is 1. The third kappa shape index (κ3) is 3.82. The summed E-state index contributed by atoms with van der Waals surface area (Å²) in [6.07, 6.45) is 6.07. The van der Waals surface area contributed by atoms with Crippen LogP contribution in [-0.4, -0.2) is 87.2 Å². The molecule has 0 unspecified atom stereocenters. The first-order valence-corrected chi connectivity index (χ1v) is 11.9. The molecule has 0 saturated carbocycles. The second-order valence-corrected chi connectivity index (χ2v) is 9.25. The minimum Gasteiger partial charge on any atom is -0.378 e. The summed E-state index contributed by atoms with van der Waals surface area (Å²) in [7, 11) is 2.13. The Morgan fingerprint density at radius 2 is 1.91 bits per heavy atom. The molecule has 2 aliphatic rings. The summed E-state index contributed by atoms with van der Waals surface area (Å²) >= 11 is 0. The van der Waals surface area contributed by atoms with Crippen LogP contribution < -0.4 is 4.90 Å². The molecule has 5 heterocycles. The van der Waals surface area contributed by atoms with Crippen LogP contribution in [0.2, 0.25) is 0 Å². The lowest BCUT2D eigenvalue weighted by atomic mass is 9.93. The van der Waals surface area contributed by atoms with Crippen LogP contribution in [0.1, 0.15) is 24.1 Å². The molecule has 10 nitrogen and oxygen atoms in total. The van der Waals surface area contributed by atoms with Crippen molar-refractivity contribution < 1.29 is 9.53 Å². The zero-order valence-electron chi connectivity index (χ0n) is 19.3. The second-order valence-electron chi connectivity index (χ2n) is 9.25. The van der Waals surface area contributed by atoms with Crippen LogP contribution in [0.25, 0.3) is 33.2 Å². The van der Waals surface area contributed by atoms with Crippen LogP contribution in [0.4, 0.5) is 5.95 Å². The molecule has 0 bridgehead atoms. The second kappa shape index (κ2) is 8.77. The van der Waals surface area contributed by atoms with E-state index in [1.54, 1.807) is 6.20 Å². The highest BCUT2D eigenvalue weighted by Crippen LogP contribution is 2.33. The Morgan fingerprint density at radius 1 is 1.09 bits per heavy atom. The van der Waals surface area contributed by atoms with Gasteiger partial charge in [-0.25, -0.2) is 4.98 Å². The van der Waals surface area contributed by atoms with Gasteiger partial charge in [-0.05, 0) is 45.0 Å². The standard InChI is InChI=1S/C24H28N8O2/c1-30-7-5-16(6-8-30)13-21(33)32-23-19(15-26-32)22(17-3-2-4-20-18(17)14-25-29-20)27-24(28-23)31-9-11-34-12-10-31/h2-4,14-16H,5-13H2,1H3,(H,25,29). The van der Waals surface area contributed by atoms with Gasteiger partial charge in [0.15, 0.2) is 5.65 Å². The smallest absolute Gasteiger partial charge is 0.249 e. The van der Waals surface area contributed by atoms with E-state index in [1.807, 2.05) is 24.4 Å². The fraction of sp³-hybridized carbons (Fsp3) is 0.458. The minimum absolute atomic E-state index is 0.0105. The van der Waals surface area contributed by atoms with Crippen molar-refractivity contribution in [2.45, 2.75) is 19.3 Å². The number of piperidine rings is 1. The van der Waals surface area contributed by atoms with Gasteiger partial charge in [-0.15, -0.1) is 0 Å². The minimum atomic E-state index is -0.0105. The van der Waals surface area contributed by atoms with E-state index in [0.29, 0.717) is 50.2 Å². The van der Waals surface area contributed by atoms with Gasteiger partial charge >= 0.3 is 0 Å². The van der Waals surface area contributed by atoms with Crippen molar-refractivity contribution in [3.8, 4) is 11.3 Å². The van der Waals surface area contributed by atoms with Crippen molar-refractivity contribution in [1.29, 1.82) is 0 Å². The number of nitrogens with one attached hydrogen (secondary N) is 1. The highest BCUT2D eigenvalue weighted by molar-refractivity contribution is 6.03. The number of likely N-dealkylation sites (tertiary alicyclic amines) is 1. The number of anilines is 1. The number of H-pyrrole nitrogens is 1. The lowest BCUT2D eigenvalue weighted by Crippen LogP contribution is -2.37. The molecule has 2 aliphatic heterocycles. The van der Waals surface area contributed by atoms with E-state index in [-0.39, 0.29) is 5.91 Å². The quantitative estimate of drug-likeness (QED) is 0.496. The molecule has 1 N–H and O–H groups in total. The number of carbonyl (C=O) groups excluding carboxylic acids is 1. The van der Waals surface area contributed by atoms with Crippen molar-refractivity contribution in [1.82, 2.24) is 34.8 Å². The number of fused-ring (bicyclic) bond motifs is 2. The van der Waals surface area contributed by atoms with Gasteiger partial charge in [-0.1, -0.05) is 12.1 Å². The van der Waals surface area contributed by atoms with E-state index in [2.05, 4.69) is 32.1 Å². The first kappa shape index (κ1) is 21.2. The fourth-order valence-electron chi connectivity index (χ4n) is 4.96. The number of aromatic amines is 1. The lowest BCUT2D eigenvalue weighted by molar-refractivity contribution is 0.0843. The Labute approximate surface area is 196 Å². The molecule has 2 saturated heterocycles. The first-order valence-electron chi connectivity index (χ1n) is 11.9. The van der Waals surface area contributed by atoms with Crippen molar-refractivity contribution in [3.05, 3.63) is 30.6 Å². The predicted octanol–water partition coefficient (Wildman–Crippen LogP) is 2.58. The average molecular weight is 461 g/mol. The molecule has 34 heavy (non-hydrogen) atoms. The van der Waals surface area contributed by atoms with Crippen LogP contribution in [0.5, 0.6) is 0 Å². The Bertz CT molecular complexity index is 1330. The van der Waals surface area contributed by atoms with E-state index in [0.717, 1.165) is 53.5 Å². The van der Waals surface area contributed by atoms with Gasteiger partial charge in [0.25, 0.3) is 0 Å². The van der Waals surface area contributed by atoms with Crippen LogP contribution in [0, 0.1) is 5.92 Å². The van der Waals surface area contributed by atoms with E-state index >= 15 is 0 Å². The van der Waals surface area contributed by atoms with E-state index < -0.39 is 0 Å². The summed E-state index contributed by atoms with van der Waals surface area (Å²) < 4.78 is 7.01. The number of ether oxygens (including phenoxy) is 1. The van der Waals surface area contributed by atoms with E-state index in [9.17, 15) is 4.79 Å². The highest BCUT2D eigenvalue weighted by Gasteiger charge is 2.25. The molecule has 176 valence electrons. The van der Waals surface area contributed by atoms with Gasteiger partial charge in [0.05, 0.1) is 42.2 Å². The summed E-state index contributed by atoms with van der Waals surface area (Å²) in [6, 6.07) is 6.00. The zero-order chi connectivity index (χ0) is 23.1. The van der Waals surface area contributed by atoms with Gasteiger partial charge in [-0.3, -0.25) is 9.89 Å². The van der Waals surface area contributed by atoms with Crippen molar-refractivity contribution in [2.75, 3.05) is 51.3 Å². The Kier molecular flexibility index (Phi) is 5.46. The number of nitrogens with zero attached hydrogens (tertiary/aromatic N) is 7. The van der Waals surface area contributed by atoms with Crippen LogP contribution in [0.3, 0.4) is 0 Å². The summed E-state index contributed by atoms with van der Waals surface area (Å²) in [5.41, 5.74) is 3.19. The lowest BCUT2D eigenvalue weighted by Gasteiger charge is -2.28. The highest BCUT2D eigenvalue weighted by atomic mass is 16.5. The molecule has 0 aliphatic carbocycles. The van der Waals surface area contributed by atoms with Gasteiger partial charge < -0.3 is 14.5 Å². The van der Waals surface area contributed by atoms with Gasteiger partial charge in [0.2, 0.25) is 11.9 Å². The van der Waals surface area contributed by atoms with Gasteiger partial charge in [0, 0.05) is 30.5 Å². The number of aromatic nitrogens is 6. The molecule has 2 fully saturated rings. The van der Waals surface area contributed by atoms with Crippen molar-refractivity contribution in [3.63, 3.8) is 0 Å². The molecule has 10 heteroatoms. The number of rotatable bonds is 4. The molecule has 6 rings (SSSR count). The molecule has 0 radical (unpaired) electrons. The summed E-state index contributed by atoms with van der Waals surface area (Å²) in [6.45, 7) is 4.72. The number of morpholine rings is 1. The molecule has 4 aromatic rings. The molecular formula is C24H28N8O2. The summed E-state index contributed by atoms with van der Waals surface area (Å²) in [5.74, 6) is 0.964. The normalized spacial score (nSPS) is 18.2. The molecule has 3 aromatic heterocycles. The molecule has 0 amide bonds. The Hall–Kier alpha value is -3.37. The maximum atomic E-state index is 13.4. The zero-order valence-corrected chi connectivity index (χ0v) is 19.3. The van der Waals surface area contributed by atoms with Crippen molar-refractivity contribution in [2.24, 2.45) is 5.92 Å². The average Bonchev–Trinajstić information content (AvgIpc) is 3.52. The van der Waals surface area contributed by atoms with Crippen molar-refractivity contribution >= 4 is 33.8 Å².